The summed E-state index contributed by atoms with van der Waals surface area (Å²) in [4.78, 5) is 41.0. The average molecular weight is 412 g/mol. The fourth-order valence-corrected chi connectivity index (χ4v) is 3.97. The van der Waals surface area contributed by atoms with Gasteiger partial charge in [-0.25, -0.2) is 0 Å². The van der Waals surface area contributed by atoms with E-state index >= 15 is 0 Å². The number of nitrogens with zero attached hydrogens (tertiary/aromatic N) is 2. The first-order valence-corrected chi connectivity index (χ1v) is 10.2. The summed E-state index contributed by atoms with van der Waals surface area (Å²) in [6.07, 6.45) is 3.39. The highest BCUT2D eigenvalue weighted by atomic mass is 35.5. The number of rotatable bonds is 4. The van der Waals surface area contributed by atoms with E-state index in [0.29, 0.717) is 34.8 Å². The lowest BCUT2D eigenvalue weighted by atomic mass is 10.1. The minimum Gasteiger partial charge on any atom is -0.339 e. The van der Waals surface area contributed by atoms with E-state index in [-0.39, 0.29) is 17.7 Å². The lowest BCUT2D eigenvalue weighted by molar-refractivity contribution is -0.117. The number of likely N-dealkylation sites (tertiary alicyclic amines) is 1. The molecule has 0 radical (unpaired) electrons. The molecule has 2 aromatic carbocycles. The van der Waals surface area contributed by atoms with Crippen LogP contribution in [0, 0.1) is 0 Å². The van der Waals surface area contributed by atoms with Crippen molar-refractivity contribution in [2.24, 2.45) is 0 Å². The van der Waals surface area contributed by atoms with Crippen molar-refractivity contribution in [1.29, 1.82) is 0 Å². The highest BCUT2D eigenvalue weighted by Gasteiger charge is 2.24. The van der Waals surface area contributed by atoms with Gasteiger partial charge in [-0.15, -0.1) is 0 Å². The van der Waals surface area contributed by atoms with Crippen molar-refractivity contribution < 1.29 is 14.4 Å². The first-order valence-electron chi connectivity index (χ1n) is 9.83. The molecule has 2 aromatic rings. The van der Waals surface area contributed by atoms with Crippen LogP contribution in [0.1, 0.15) is 46.4 Å². The van der Waals surface area contributed by atoms with Crippen LogP contribution >= 0.6 is 11.6 Å². The fraction of sp³-hybridized carbons (Fsp3) is 0.318. The Hall–Kier alpha value is -2.86. The van der Waals surface area contributed by atoms with E-state index in [1.165, 1.54) is 0 Å². The quantitative estimate of drug-likeness (QED) is 0.827. The Bertz CT molecular complexity index is 952. The minimum atomic E-state index is -0.318. The molecule has 150 valence electrons. The number of nitrogens with one attached hydrogen (secondary N) is 1. The summed E-state index contributed by atoms with van der Waals surface area (Å²) in [5.41, 5.74) is 2.08. The van der Waals surface area contributed by atoms with Gasteiger partial charge in [0.25, 0.3) is 11.8 Å². The molecule has 0 spiro atoms. The first-order chi connectivity index (χ1) is 14.0. The second-order valence-corrected chi connectivity index (χ2v) is 7.78. The maximum Gasteiger partial charge on any atom is 0.256 e. The summed E-state index contributed by atoms with van der Waals surface area (Å²) in [5, 5.41) is 3.28. The number of amides is 3. The van der Waals surface area contributed by atoms with Crippen LogP contribution in [0.25, 0.3) is 0 Å². The second kappa shape index (κ2) is 8.25. The van der Waals surface area contributed by atoms with E-state index in [2.05, 4.69) is 5.32 Å². The number of halogens is 1. The van der Waals surface area contributed by atoms with E-state index in [4.69, 9.17) is 11.6 Å². The van der Waals surface area contributed by atoms with Gasteiger partial charge in [0.1, 0.15) is 0 Å². The summed E-state index contributed by atoms with van der Waals surface area (Å²) < 4.78 is 0. The predicted molar refractivity (Wildman–Crippen MR) is 113 cm³/mol. The van der Waals surface area contributed by atoms with Crippen molar-refractivity contribution >= 4 is 40.7 Å². The zero-order chi connectivity index (χ0) is 20.4. The number of hydrogen-bond donors (Lipinski definition) is 1. The smallest absolute Gasteiger partial charge is 0.256 e. The van der Waals surface area contributed by atoms with Gasteiger partial charge in [-0.05, 0) is 61.7 Å². The molecule has 0 aliphatic carbocycles. The van der Waals surface area contributed by atoms with Gasteiger partial charge in [0.05, 0.1) is 11.3 Å². The maximum absolute atomic E-state index is 12.8. The number of hydrogen-bond acceptors (Lipinski definition) is 3. The standard InChI is InChI=1S/C22H22ClN3O3/c23-16-7-10-19(18(14-16)22(29)25-11-1-2-12-25)24-21(28)15-5-8-17(9-6-15)26-13-3-4-20(26)27/h5-10,14H,1-4,11-13H2,(H,24,28). The molecule has 0 aromatic heterocycles. The minimum absolute atomic E-state index is 0.105. The monoisotopic (exact) mass is 411 g/mol. The van der Waals surface area contributed by atoms with Crippen LogP contribution in [0.5, 0.6) is 0 Å². The third-order valence-corrected chi connectivity index (χ3v) is 5.60. The van der Waals surface area contributed by atoms with E-state index in [1.54, 1.807) is 52.3 Å². The van der Waals surface area contributed by atoms with Crippen molar-refractivity contribution in [3.05, 3.63) is 58.6 Å². The van der Waals surface area contributed by atoms with Crippen LogP contribution in [0.3, 0.4) is 0 Å². The first kappa shape index (κ1) is 19.5. The lowest BCUT2D eigenvalue weighted by Gasteiger charge is -2.18. The largest absolute Gasteiger partial charge is 0.339 e. The molecule has 0 bridgehead atoms. The Morgan fingerprint density at radius 2 is 1.66 bits per heavy atom. The third kappa shape index (κ3) is 4.12. The summed E-state index contributed by atoms with van der Waals surface area (Å²) in [6.45, 7) is 2.14. The molecule has 0 atom stereocenters. The molecular weight excluding hydrogens is 390 g/mol. The number of benzene rings is 2. The van der Waals surface area contributed by atoms with Gasteiger partial charge in [-0.2, -0.15) is 0 Å². The molecule has 0 saturated carbocycles. The third-order valence-electron chi connectivity index (χ3n) is 5.37. The molecule has 0 unspecified atom stereocenters. The van der Waals surface area contributed by atoms with Crippen LogP contribution in [0.15, 0.2) is 42.5 Å². The zero-order valence-electron chi connectivity index (χ0n) is 16.0. The summed E-state index contributed by atoms with van der Waals surface area (Å²) in [5.74, 6) is -0.335. The number of anilines is 2. The van der Waals surface area contributed by atoms with Crippen LogP contribution in [-0.2, 0) is 4.79 Å². The molecule has 6 nitrogen and oxygen atoms in total. The van der Waals surface area contributed by atoms with Crippen molar-refractivity contribution in [3.63, 3.8) is 0 Å². The molecule has 2 fully saturated rings. The Morgan fingerprint density at radius 3 is 2.31 bits per heavy atom. The molecular formula is C22H22ClN3O3. The van der Waals surface area contributed by atoms with E-state index in [0.717, 1.165) is 38.0 Å². The molecule has 29 heavy (non-hydrogen) atoms. The van der Waals surface area contributed by atoms with Crippen molar-refractivity contribution in [2.45, 2.75) is 25.7 Å². The Kier molecular flexibility index (Phi) is 5.53. The average Bonchev–Trinajstić information content (AvgIpc) is 3.41. The van der Waals surface area contributed by atoms with Gasteiger partial charge < -0.3 is 15.1 Å². The Labute approximate surface area is 174 Å². The predicted octanol–water partition coefficient (Wildman–Crippen LogP) is 3.96. The maximum atomic E-state index is 12.8. The van der Waals surface area contributed by atoms with E-state index < -0.39 is 0 Å². The van der Waals surface area contributed by atoms with Crippen molar-refractivity contribution in [3.8, 4) is 0 Å². The molecule has 7 heteroatoms. The van der Waals surface area contributed by atoms with Crippen LogP contribution in [0.4, 0.5) is 11.4 Å². The topological polar surface area (TPSA) is 69.7 Å². The molecule has 1 N–H and O–H groups in total. The van der Waals surface area contributed by atoms with Gasteiger partial charge in [0.15, 0.2) is 0 Å². The Balaban J connectivity index is 1.52. The summed E-state index contributed by atoms with van der Waals surface area (Å²) in [6, 6.07) is 11.8. The normalized spacial score (nSPS) is 16.4. The molecule has 2 heterocycles. The highest BCUT2D eigenvalue weighted by Crippen LogP contribution is 2.26. The SMILES string of the molecule is O=C(Nc1ccc(Cl)cc1C(=O)N1CCCC1)c1ccc(N2CCCC2=O)cc1. The van der Waals surface area contributed by atoms with Crippen LogP contribution < -0.4 is 10.2 Å². The second-order valence-electron chi connectivity index (χ2n) is 7.34. The lowest BCUT2D eigenvalue weighted by Crippen LogP contribution is -2.29. The summed E-state index contributed by atoms with van der Waals surface area (Å²) in [7, 11) is 0. The van der Waals surface area contributed by atoms with E-state index in [1.807, 2.05) is 0 Å². The molecule has 2 aliphatic rings. The van der Waals surface area contributed by atoms with E-state index in [9.17, 15) is 14.4 Å². The van der Waals surface area contributed by atoms with Gasteiger partial charge in [0, 0.05) is 42.3 Å². The van der Waals surface area contributed by atoms with Gasteiger partial charge in [-0.1, -0.05) is 11.6 Å². The fourth-order valence-electron chi connectivity index (χ4n) is 3.80. The molecule has 4 rings (SSSR count). The Morgan fingerprint density at radius 1 is 0.931 bits per heavy atom. The molecule has 2 saturated heterocycles. The highest BCUT2D eigenvalue weighted by molar-refractivity contribution is 6.31. The summed E-state index contributed by atoms with van der Waals surface area (Å²) >= 11 is 6.10. The van der Waals surface area contributed by atoms with Crippen molar-refractivity contribution in [2.75, 3.05) is 29.9 Å². The van der Waals surface area contributed by atoms with Crippen LogP contribution in [-0.4, -0.2) is 42.3 Å². The molecule has 2 aliphatic heterocycles. The number of carbonyl (C=O) groups is 3. The zero-order valence-corrected chi connectivity index (χ0v) is 16.7. The van der Waals surface area contributed by atoms with Gasteiger partial charge >= 0.3 is 0 Å². The molecule has 3 amide bonds. The number of carbonyl (C=O) groups excluding carboxylic acids is 3. The van der Waals surface area contributed by atoms with Gasteiger partial charge in [-0.3, -0.25) is 14.4 Å². The van der Waals surface area contributed by atoms with Crippen LogP contribution in [0.2, 0.25) is 5.02 Å². The van der Waals surface area contributed by atoms with Gasteiger partial charge in [0.2, 0.25) is 5.91 Å². The van der Waals surface area contributed by atoms with Crippen molar-refractivity contribution in [1.82, 2.24) is 4.90 Å².